The number of nitrogens with zero attached hydrogens (tertiary/aromatic N) is 2. The average molecular weight is 296 g/mol. The summed E-state index contributed by atoms with van der Waals surface area (Å²) in [7, 11) is 0. The van der Waals surface area contributed by atoms with E-state index in [4.69, 9.17) is 11.0 Å². The third-order valence-electron chi connectivity index (χ3n) is 1.61. The monoisotopic (exact) mass is 295 g/mol. The molecule has 0 fully saturated rings. The summed E-state index contributed by atoms with van der Waals surface area (Å²) in [6, 6.07) is 1.72. The maximum absolute atomic E-state index is 12.0. The summed E-state index contributed by atoms with van der Waals surface area (Å²) in [6.07, 6.45) is -4.00. The van der Waals surface area contributed by atoms with E-state index in [1.54, 1.807) is 6.07 Å². The molecule has 1 aromatic rings. The molecular formula is C8H5BrF3N3O. The van der Waals surface area contributed by atoms with Crippen LogP contribution in [0.1, 0.15) is 11.3 Å². The lowest BCUT2D eigenvalue weighted by molar-refractivity contribution is -0.275. The van der Waals surface area contributed by atoms with Crippen molar-refractivity contribution in [3.05, 3.63) is 21.9 Å². The summed E-state index contributed by atoms with van der Waals surface area (Å²) < 4.78 is 39.6. The Bertz CT molecular complexity index is 441. The third-order valence-corrected chi connectivity index (χ3v) is 2.48. The van der Waals surface area contributed by atoms with Gasteiger partial charge in [0.15, 0.2) is 5.75 Å². The first-order valence-electron chi connectivity index (χ1n) is 3.92. The van der Waals surface area contributed by atoms with E-state index in [9.17, 15) is 13.2 Å². The second-order valence-corrected chi connectivity index (χ2v) is 3.42. The lowest BCUT2D eigenvalue weighted by atomic mass is 10.2. The maximum atomic E-state index is 12.0. The van der Waals surface area contributed by atoms with Crippen LogP contribution >= 0.6 is 15.9 Å². The zero-order chi connectivity index (χ0) is 12.3. The van der Waals surface area contributed by atoms with Crippen LogP contribution in [0.15, 0.2) is 10.7 Å². The molecular weight excluding hydrogens is 291 g/mol. The lowest BCUT2D eigenvalue weighted by Crippen LogP contribution is -2.18. The van der Waals surface area contributed by atoms with E-state index >= 15 is 0 Å². The Labute approximate surface area is 97.0 Å². The van der Waals surface area contributed by atoms with Gasteiger partial charge in [-0.3, -0.25) is 0 Å². The third kappa shape index (κ3) is 2.84. The minimum absolute atomic E-state index is 0.0149. The van der Waals surface area contributed by atoms with Crippen molar-refractivity contribution in [1.29, 1.82) is 5.26 Å². The van der Waals surface area contributed by atoms with Gasteiger partial charge in [-0.05, 0) is 15.9 Å². The lowest BCUT2D eigenvalue weighted by Gasteiger charge is -2.12. The highest BCUT2D eigenvalue weighted by Crippen LogP contribution is 2.33. The normalized spacial score (nSPS) is 11.0. The van der Waals surface area contributed by atoms with Crippen LogP contribution in [0.2, 0.25) is 0 Å². The molecule has 0 radical (unpaired) electrons. The van der Waals surface area contributed by atoms with Gasteiger partial charge in [0.05, 0.1) is 10.7 Å². The summed E-state index contributed by atoms with van der Waals surface area (Å²) in [5.74, 6) is -0.521. The van der Waals surface area contributed by atoms with Gasteiger partial charge in [-0.2, -0.15) is 5.26 Å². The number of rotatable bonds is 2. The van der Waals surface area contributed by atoms with Gasteiger partial charge in [0, 0.05) is 12.1 Å². The number of halogens is 4. The highest BCUT2D eigenvalue weighted by Gasteiger charge is 2.32. The van der Waals surface area contributed by atoms with Crippen molar-refractivity contribution < 1.29 is 17.9 Å². The van der Waals surface area contributed by atoms with Crippen molar-refractivity contribution in [1.82, 2.24) is 4.98 Å². The first-order valence-corrected chi connectivity index (χ1v) is 4.71. The molecule has 0 bridgehead atoms. The molecule has 86 valence electrons. The Morgan fingerprint density at radius 2 is 2.19 bits per heavy atom. The molecule has 16 heavy (non-hydrogen) atoms. The van der Waals surface area contributed by atoms with Crippen molar-refractivity contribution in [3.8, 4) is 11.8 Å². The van der Waals surface area contributed by atoms with Crippen LogP contribution in [0.25, 0.3) is 0 Å². The fourth-order valence-electron chi connectivity index (χ4n) is 0.989. The van der Waals surface area contributed by atoms with Gasteiger partial charge in [-0.15, -0.1) is 13.2 Å². The molecule has 0 aromatic carbocycles. The Kier molecular flexibility index (Phi) is 3.72. The number of pyridine rings is 1. The van der Waals surface area contributed by atoms with Crippen LogP contribution in [0.4, 0.5) is 13.2 Å². The number of alkyl halides is 3. The number of ether oxygens (including phenoxy) is 1. The van der Waals surface area contributed by atoms with Gasteiger partial charge in [0.1, 0.15) is 11.8 Å². The summed E-state index contributed by atoms with van der Waals surface area (Å²) in [4.78, 5) is 3.52. The second-order valence-electron chi connectivity index (χ2n) is 2.63. The van der Waals surface area contributed by atoms with Crippen LogP contribution in [0, 0.1) is 11.3 Å². The minimum Gasteiger partial charge on any atom is -0.403 e. The van der Waals surface area contributed by atoms with Crippen molar-refractivity contribution in [2.75, 3.05) is 0 Å². The van der Waals surface area contributed by atoms with E-state index < -0.39 is 12.1 Å². The molecule has 0 saturated carbocycles. The molecule has 0 unspecified atom stereocenters. The van der Waals surface area contributed by atoms with Crippen LogP contribution in [-0.2, 0) is 6.54 Å². The highest BCUT2D eigenvalue weighted by atomic mass is 79.9. The predicted octanol–water partition coefficient (Wildman–Crippen LogP) is 2.07. The summed E-state index contributed by atoms with van der Waals surface area (Å²) in [6.45, 7) is -0.120. The van der Waals surface area contributed by atoms with Crippen LogP contribution < -0.4 is 10.5 Å². The minimum atomic E-state index is -4.82. The largest absolute Gasteiger partial charge is 0.573 e. The van der Waals surface area contributed by atoms with Gasteiger partial charge in [-0.25, -0.2) is 4.98 Å². The fourth-order valence-corrected chi connectivity index (χ4v) is 1.52. The number of nitriles is 1. The first kappa shape index (κ1) is 12.7. The molecule has 0 saturated heterocycles. The molecule has 0 aliphatic carbocycles. The van der Waals surface area contributed by atoms with Gasteiger partial charge in [0.25, 0.3) is 0 Å². The summed E-state index contributed by atoms with van der Waals surface area (Å²) >= 11 is 2.89. The molecule has 0 atom stereocenters. The predicted molar refractivity (Wildman–Crippen MR) is 51.2 cm³/mol. The first-order chi connectivity index (χ1) is 7.39. The number of hydrogen-bond donors (Lipinski definition) is 1. The van der Waals surface area contributed by atoms with E-state index in [2.05, 4.69) is 25.7 Å². The summed E-state index contributed by atoms with van der Waals surface area (Å²) in [5.41, 5.74) is 5.43. The molecule has 4 nitrogen and oxygen atoms in total. The molecule has 2 N–H and O–H groups in total. The number of hydrogen-bond acceptors (Lipinski definition) is 4. The molecule has 0 amide bonds. The SMILES string of the molecule is N#Cc1ncc(OC(F)(F)F)c(Br)c1CN. The van der Waals surface area contributed by atoms with E-state index in [1.807, 2.05) is 0 Å². The van der Waals surface area contributed by atoms with Crippen LogP contribution in [0.5, 0.6) is 5.75 Å². The molecule has 0 aliphatic heterocycles. The number of nitrogens with two attached hydrogens (primary N) is 1. The Balaban J connectivity index is 3.20. The molecule has 0 spiro atoms. The van der Waals surface area contributed by atoms with Crippen LogP contribution in [-0.4, -0.2) is 11.3 Å². The zero-order valence-electron chi connectivity index (χ0n) is 7.68. The topological polar surface area (TPSA) is 71.9 Å². The van der Waals surface area contributed by atoms with Crippen molar-refractivity contribution in [2.45, 2.75) is 12.9 Å². The zero-order valence-corrected chi connectivity index (χ0v) is 9.26. The van der Waals surface area contributed by atoms with E-state index in [-0.39, 0.29) is 22.3 Å². The summed E-state index contributed by atoms with van der Waals surface area (Å²) in [5, 5.41) is 8.65. The molecule has 8 heteroatoms. The Morgan fingerprint density at radius 1 is 1.56 bits per heavy atom. The number of aromatic nitrogens is 1. The Morgan fingerprint density at radius 3 is 2.62 bits per heavy atom. The van der Waals surface area contributed by atoms with Gasteiger partial charge in [-0.1, -0.05) is 0 Å². The fraction of sp³-hybridized carbons (Fsp3) is 0.250. The van der Waals surface area contributed by atoms with E-state index in [0.29, 0.717) is 0 Å². The van der Waals surface area contributed by atoms with Gasteiger partial charge >= 0.3 is 6.36 Å². The maximum Gasteiger partial charge on any atom is 0.573 e. The second kappa shape index (κ2) is 4.67. The van der Waals surface area contributed by atoms with E-state index in [0.717, 1.165) is 6.20 Å². The Hall–Kier alpha value is -1.33. The molecule has 1 aromatic heterocycles. The molecule has 1 heterocycles. The van der Waals surface area contributed by atoms with Crippen molar-refractivity contribution in [3.63, 3.8) is 0 Å². The van der Waals surface area contributed by atoms with Gasteiger partial charge in [0.2, 0.25) is 0 Å². The van der Waals surface area contributed by atoms with Crippen molar-refractivity contribution >= 4 is 15.9 Å². The average Bonchev–Trinajstić information content (AvgIpc) is 2.19. The standard InChI is InChI=1S/C8H5BrF3N3O/c9-7-4(1-13)5(2-14)15-3-6(7)16-8(10,11)12/h3H,1,13H2. The quantitative estimate of drug-likeness (QED) is 0.907. The smallest absolute Gasteiger partial charge is 0.403 e. The molecule has 1 rings (SSSR count). The highest BCUT2D eigenvalue weighted by molar-refractivity contribution is 9.10. The van der Waals surface area contributed by atoms with Gasteiger partial charge < -0.3 is 10.5 Å². The molecule has 0 aliphatic rings. The van der Waals surface area contributed by atoms with E-state index in [1.165, 1.54) is 0 Å². The van der Waals surface area contributed by atoms with Crippen LogP contribution in [0.3, 0.4) is 0 Å². The van der Waals surface area contributed by atoms with Crippen molar-refractivity contribution in [2.24, 2.45) is 5.73 Å².